The molecule has 0 spiro atoms. The average Bonchev–Trinajstić information content (AvgIpc) is 1.84. The number of hydrogen-bond donors (Lipinski definition) is 2. The SMILES string of the molecule is Cl.NCCCC1CC(C(=O)O)C1. The molecule has 0 aromatic rings. The summed E-state index contributed by atoms with van der Waals surface area (Å²) in [5, 5.41) is 8.55. The van der Waals surface area contributed by atoms with Gasteiger partial charge in [-0.1, -0.05) is 0 Å². The second kappa shape index (κ2) is 5.38. The van der Waals surface area contributed by atoms with Crippen LogP contribution >= 0.6 is 12.4 Å². The Morgan fingerprint density at radius 2 is 2.08 bits per heavy atom. The fourth-order valence-electron chi connectivity index (χ4n) is 1.58. The molecule has 3 nitrogen and oxygen atoms in total. The zero-order chi connectivity index (χ0) is 8.27. The highest BCUT2D eigenvalue weighted by Gasteiger charge is 2.33. The Hall–Kier alpha value is -0.280. The molecule has 1 fully saturated rings. The third-order valence-corrected chi connectivity index (χ3v) is 2.40. The fourth-order valence-corrected chi connectivity index (χ4v) is 1.58. The van der Waals surface area contributed by atoms with Gasteiger partial charge in [0.2, 0.25) is 0 Å². The number of carboxylic acid groups (broad SMARTS) is 1. The summed E-state index contributed by atoms with van der Waals surface area (Å²) < 4.78 is 0. The normalized spacial score (nSPS) is 27.1. The van der Waals surface area contributed by atoms with Crippen LogP contribution in [-0.2, 0) is 4.79 Å². The summed E-state index contributed by atoms with van der Waals surface area (Å²) >= 11 is 0. The molecule has 0 heterocycles. The predicted molar refractivity (Wildman–Crippen MR) is 49.4 cm³/mol. The van der Waals surface area contributed by atoms with Crippen LogP contribution in [0, 0.1) is 11.8 Å². The van der Waals surface area contributed by atoms with Crippen molar-refractivity contribution >= 4 is 18.4 Å². The summed E-state index contributed by atoms with van der Waals surface area (Å²) in [7, 11) is 0. The molecule has 0 radical (unpaired) electrons. The lowest BCUT2D eigenvalue weighted by molar-refractivity contribution is -0.146. The van der Waals surface area contributed by atoms with Crippen molar-refractivity contribution in [3.05, 3.63) is 0 Å². The van der Waals surface area contributed by atoms with Crippen molar-refractivity contribution < 1.29 is 9.90 Å². The second-order valence-electron chi connectivity index (χ2n) is 3.30. The average molecular weight is 194 g/mol. The minimum absolute atomic E-state index is 0. The topological polar surface area (TPSA) is 63.3 Å². The predicted octanol–water partition coefficient (Wildman–Crippen LogP) is 1.26. The minimum atomic E-state index is -0.631. The highest BCUT2D eigenvalue weighted by Crippen LogP contribution is 2.36. The van der Waals surface area contributed by atoms with E-state index in [0.717, 1.165) is 32.2 Å². The van der Waals surface area contributed by atoms with Gasteiger partial charge in [-0.25, -0.2) is 0 Å². The second-order valence-corrected chi connectivity index (χ2v) is 3.30. The van der Waals surface area contributed by atoms with E-state index in [9.17, 15) is 4.79 Å². The molecular weight excluding hydrogens is 178 g/mol. The molecule has 12 heavy (non-hydrogen) atoms. The number of rotatable bonds is 4. The van der Waals surface area contributed by atoms with Crippen molar-refractivity contribution in [1.82, 2.24) is 0 Å². The molecule has 0 aromatic heterocycles. The highest BCUT2D eigenvalue weighted by atomic mass is 35.5. The first-order valence-corrected chi connectivity index (χ1v) is 4.17. The van der Waals surface area contributed by atoms with E-state index in [2.05, 4.69) is 0 Å². The van der Waals surface area contributed by atoms with Gasteiger partial charge in [0.05, 0.1) is 5.92 Å². The summed E-state index contributed by atoms with van der Waals surface area (Å²) in [6, 6.07) is 0. The van der Waals surface area contributed by atoms with E-state index in [0.29, 0.717) is 5.92 Å². The minimum Gasteiger partial charge on any atom is -0.481 e. The van der Waals surface area contributed by atoms with Crippen molar-refractivity contribution in [2.45, 2.75) is 25.7 Å². The molecule has 1 saturated carbocycles. The van der Waals surface area contributed by atoms with Crippen LogP contribution in [0.3, 0.4) is 0 Å². The third-order valence-electron chi connectivity index (χ3n) is 2.40. The first-order chi connectivity index (χ1) is 5.24. The van der Waals surface area contributed by atoms with Gasteiger partial charge in [0.15, 0.2) is 0 Å². The fraction of sp³-hybridized carbons (Fsp3) is 0.875. The summed E-state index contributed by atoms with van der Waals surface area (Å²) in [6.07, 6.45) is 3.89. The van der Waals surface area contributed by atoms with E-state index < -0.39 is 5.97 Å². The molecule has 0 amide bonds. The number of carboxylic acids is 1. The van der Waals surface area contributed by atoms with Gasteiger partial charge in [0.25, 0.3) is 0 Å². The molecule has 0 aliphatic heterocycles. The molecule has 72 valence electrons. The molecule has 0 aromatic carbocycles. The maximum absolute atomic E-state index is 10.4. The molecular formula is C8H16ClNO2. The summed E-state index contributed by atoms with van der Waals surface area (Å²) in [5.74, 6) is -0.0496. The Labute approximate surface area is 78.7 Å². The molecule has 1 rings (SSSR count). The Morgan fingerprint density at radius 1 is 1.50 bits per heavy atom. The van der Waals surface area contributed by atoms with Gasteiger partial charge in [-0.2, -0.15) is 0 Å². The van der Waals surface area contributed by atoms with Gasteiger partial charge >= 0.3 is 5.97 Å². The number of halogens is 1. The van der Waals surface area contributed by atoms with Crippen molar-refractivity contribution in [1.29, 1.82) is 0 Å². The van der Waals surface area contributed by atoms with E-state index in [4.69, 9.17) is 10.8 Å². The van der Waals surface area contributed by atoms with Crippen molar-refractivity contribution in [2.24, 2.45) is 17.6 Å². The monoisotopic (exact) mass is 193 g/mol. The van der Waals surface area contributed by atoms with Gasteiger partial charge in [0.1, 0.15) is 0 Å². The van der Waals surface area contributed by atoms with Crippen LogP contribution in [0.1, 0.15) is 25.7 Å². The van der Waals surface area contributed by atoms with E-state index in [1.54, 1.807) is 0 Å². The zero-order valence-corrected chi connectivity index (χ0v) is 7.85. The molecule has 1 aliphatic rings. The summed E-state index contributed by atoms with van der Waals surface area (Å²) in [5.41, 5.74) is 5.33. The van der Waals surface area contributed by atoms with Crippen LogP contribution in [0.4, 0.5) is 0 Å². The first kappa shape index (κ1) is 11.7. The lowest BCUT2D eigenvalue weighted by Crippen LogP contribution is -2.30. The first-order valence-electron chi connectivity index (χ1n) is 4.17. The number of carbonyl (C=O) groups is 1. The van der Waals surface area contributed by atoms with Crippen molar-refractivity contribution in [3.8, 4) is 0 Å². The molecule has 1 aliphatic carbocycles. The van der Waals surface area contributed by atoms with E-state index in [1.165, 1.54) is 0 Å². The number of nitrogens with two attached hydrogens (primary N) is 1. The summed E-state index contributed by atoms with van der Waals surface area (Å²) in [4.78, 5) is 10.4. The van der Waals surface area contributed by atoms with E-state index >= 15 is 0 Å². The van der Waals surface area contributed by atoms with Crippen molar-refractivity contribution in [3.63, 3.8) is 0 Å². The molecule has 3 N–H and O–H groups in total. The Bertz CT molecular complexity index is 146. The lowest BCUT2D eigenvalue weighted by atomic mass is 9.73. The van der Waals surface area contributed by atoms with Crippen molar-refractivity contribution in [2.75, 3.05) is 6.54 Å². The molecule has 0 unspecified atom stereocenters. The van der Waals surface area contributed by atoms with Gasteiger partial charge < -0.3 is 10.8 Å². The van der Waals surface area contributed by atoms with E-state index in [1.807, 2.05) is 0 Å². The van der Waals surface area contributed by atoms with Gasteiger partial charge in [-0.05, 0) is 38.1 Å². The standard InChI is InChI=1S/C8H15NO2.ClH/c9-3-1-2-6-4-7(5-6)8(10)11;/h6-7H,1-5,9H2,(H,10,11);1H. The highest BCUT2D eigenvalue weighted by molar-refractivity contribution is 5.85. The quantitative estimate of drug-likeness (QED) is 0.707. The molecule has 0 saturated heterocycles. The Balaban J connectivity index is 0.00000121. The number of aliphatic carboxylic acids is 1. The van der Waals surface area contributed by atoms with Gasteiger partial charge in [0, 0.05) is 0 Å². The lowest BCUT2D eigenvalue weighted by Gasteiger charge is -2.32. The van der Waals surface area contributed by atoms with Gasteiger partial charge in [-0.15, -0.1) is 12.4 Å². The third kappa shape index (κ3) is 2.99. The summed E-state index contributed by atoms with van der Waals surface area (Å²) in [6.45, 7) is 0.730. The molecule has 0 bridgehead atoms. The van der Waals surface area contributed by atoms with Crippen LogP contribution in [0.2, 0.25) is 0 Å². The van der Waals surface area contributed by atoms with Crippen LogP contribution < -0.4 is 5.73 Å². The molecule has 4 heteroatoms. The van der Waals surface area contributed by atoms with E-state index in [-0.39, 0.29) is 18.3 Å². The van der Waals surface area contributed by atoms with Crippen LogP contribution in [0.25, 0.3) is 0 Å². The maximum atomic E-state index is 10.4. The maximum Gasteiger partial charge on any atom is 0.306 e. The van der Waals surface area contributed by atoms with Crippen LogP contribution in [-0.4, -0.2) is 17.6 Å². The Kier molecular flexibility index (Phi) is 5.25. The zero-order valence-electron chi connectivity index (χ0n) is 7.03. The smallest absolute Gasteiger partial charge is 0.306 e. The number of hydrogen-bond acceptors (Lipinski definition) is 2. The van der Waals surface area contributed by atoms with Crippen LogP contribution in [0.15, 0.2) is 0 Å². The molecule has 0 atom stereocenters. The van der Waals surface area contributed by atoms with Crippen LogP contribution in [0.5, 0.6) is 0 Å². The Morgan fingerprint density at radius 3 is 2.50 bits per heavy atom. The largest absolute Gasteiger partial charge is 0.481 e. The van der Waals surface area contributed by atoms with Gasteiger partial charge in [-0.3, -0.25) is 4.79 Å².